The van der Waals surface area contributed by atoms with Crippen LogP contribution in [0.25, 0.3) is 0 Å². The van der Waals surface area contributed by atoms with Gasteiger partial charge < -0.3 is 14.5 Å². The summed E-state index contributed by atoms with van der Waals surface area (Å²) in [5.74, 6) is 0.844. The first-order valence-corrected chi connectivity index (χ1v) is 7.28. The highest BCUT2D eigenvalue weighted by atomic mass is 16.5. The number of pyridine rings is 1. The van der Waals surface area contributed by atoms with Crippen LogP contribution < -0.4 is 4.90 Å². The van der Waals surface area contributed by atoms with Gasteiger partial charge in [0.25, 0.3) is 5.91 Å². The Labute approximate surface area is 130 Å². The molecule has 2 heterocycles. The van der Waals surface area contributed by atoms with Crippen molar-refractivity contribution in [2.45, 2.75) is 13.0 Å². The second kappa shape index (κ2) is 7.57. The molecule has 0 unspecified atom stereocenters. The van der Waals surface area contributed by atoms with E-state index >= 15 is 0 Å². The maximum atomic E-state index is 12.2. The molecule has 1 saturated heterocycles. The highest BCUT2D eigenvalue weighted by Crippen LogP contribution is 2.14. The number of anilines is 1. The van der Waals surface area contributed by atoms with Gasteiger partial charge in [0.15, 0.2) is 0 Å². The van der Waals surface area contributed by atoms with Crippen molar-refractivity contribution in [2.75, 3.05) is 37.7 Å². The van der Waals surface area contributed by atoms with Crippen LogP contribution in [0.2, 0.25) is 0 Å². The summed E-state index contributed by atoms with van der Waals surface area (Å²) in [6.45, 7) is 8.44. The van der Waals surface area contributed by atoms with Crippen molar-refractivity contribution in [1.29, 1.82) is 5.26 Å². The summed E-state index contributed by atoms with van der Waals surface area (Å²) in [6, 6.07) is 5.65. The van der Waals surface area contributed by atoms with Crippen LogP contribution in [0.3, 0.4) is 0 Å². The van der Waals surface area contributed by atoms with E-state index in [0.29, 0.717) is 25.3 Å². The third-order valence-electron chi connectivity index (χ3n) is 3.60. The lowest BCUT2D eigenvalue weighted by Gasteiger charge is -2.36. The second-order valence-electron chi connectivity index (χ2n) is 5.09. The van der Waals surface area contributed by atoms with Crippen molar-refractivity contribution in [2.24, 2.45) is 0 Å². The Kier molecular flexibility index (Phi) is 5.50. The van der Waals surface area contributed by atoms with Crippen LogP contribution in [0.4, 0.5) is 5.82 Å². The normalized spacial score (nSPS) is 16.0. The third kappa shape index (κ3) is 3.83. The third-order valence-corrected chi connectivity index (χ3v) is 3.60. The molecular weight excluding hydrogens is 280 g/mol. The summed E-state index contributed by atoms with van der Waals surface area (Å²) >= 11 is 0. The number of piperazine rings is 1. The van der Waals surface area contributed by atoms with Crippen molar-refractivity contribution >= 4 is 11.7 Å². The summed E-state index contributed by atoms with van der Waals surface area (Å²) in [7, 11) is 0. The number of carbonyl (C=O) groups is 1. The van der Waals surface area contributed by atoms with Crippen LogP contribution in [0.5, 0.6) is 0 Å². The van der Waals surface area contributed by atoms with Crippen LogP contribution >= 0.6 is 0 Å². The van der Waals surface area contributed by atoms with Crippen LogP contribution in [0.15, 0.2) is 31.0 Å². The average Bonchev–Trinajstić information content (AvgIpc) is 2.59. The first-order chi connectivity index (χ1) is 10.7. The standard InChI is InChI=1S/C16H20N4O2/c1-3-10-22-13(2)16(21)20-8-6-19(7-9-20)15-5-4-14(11-17)12-18-15/h3-5,12-13H,1,6-10H2,2H3/t13-/m1/s1. The van der Waals surface area contributed by atoms with Crippen molar-refractivity contribution in [1.82, 2.24) is 9.88 Å². The molecule has 1 aliphatic rings. The molecule has 1 atom stereocenters. The average molecular weight is 300 g/mol. The molecule has 1 aromatic rings. The highest BCUT2D eigenvalue weighted by molar-refractivity contribution is 5.80. The topological polar surface area (TPSA) is 69.5 Å². The highest BCUT2D eigenvalue weighted by Gasteiger charge is 2.25. The fourth-order valence-electron chi connectivity index (χ4n) is 2.34. The Balaban J connectivity index is 1.88. The lowest BCUT2D eigenvalue weighted by atomic mass is 10.2. The van der Waals surface area contributed by atoms with E-state index in [1.54, 1.807) is 25.3 Å². The Hall–Kier alpha value is -2.39. The van der Waals surface area contributed by atoms with E-state index in [2.05, 4.69) is 22.5 Å². The van der Waals surface area contributed by atoms with E-state index in [4.69, 9.17) is 10.00 Å². The van der Waals surface area contributed by atoms with Gasteiger partial charge in [-0.05, 0) is 19.1 Å². The number of carbonyl (C=O) groups excluding carboxylic acids is 1. The van der Waals surface area contributed by atoms with Crippen LogP contribution in [-0.2, 0) is 9.53 Å². The molecule has 2 rings (SSSR count). The van der Waals surface area contributed by atoms with Gasteiger partial charge in [0, 0.05) is 32.4 Å². The first kappa shape index (κ1) is 16.0. The molecular formula is C16H20N4O2. The smallest absolute Gasteiger partial charge is 0.251 e. The minimum atomic E-state index is -0.447. The maximum absolute atomic E-state index is 12.2. The lowest BCUT2D eigenvalue weighted by Crippen LogP contribution is -2.51. The van der Waals surface area contributed by atoms with Gasteiger partial charge in [0.05, 0.1) is 12.2 Å². The summed E-state index contributed by atoms with van der Waals surface area (Å²) in [4.78, 5) is 20.4. The van der Waals surface area contributed by atoms with E-state index in [0.717, 1.165) is 18.9 Å². The number of ether oxygens (including phenoxy) is 1. The number of amides is 1. The van der Waals surface area contributed by atoms with Crippen molar-refractivity contribution in [3.05, 3.63) is 36.5 Å². The second-order valence-corrected chi connectivity index (χ2v) is 5.09. The molecule has 1 fully saturated rings. The molecule has 0 spiro atoms. The van der Waals surface area contributed by atoms with E-state index < -0.39 is 6.10 Å². The predicted octanol–water partition coefficient (Wildman–Crippen LogP) is 1.19. The van der Waals surface area contributed by atoms with Gasteiger partial charge in [-0.1, -0.05) is 6.08 Å². The quantitative estimate of drug-likeness (QED) is 0.764. The van der Waals surface area contributed by atoms with Gasteiger partial charge in [0.1, 0.15) is 18.0 Å². The molecule has 0 saturated carbocycles. The molecule has 6 heteroatoms. The number of nitrogens with zero attached hydrogens (tertiary/aromatic N) is 4. The fourth-order valence-corrected chi connectivity index (χ4v) is 2.34. The summed E-state index contributed by atoms with van der Waals surface area (Å²) in [5.41, 5.74) is 0.547. The first-order valence-electron chi connectivity index (χ1n) is 7.28. The molecule has 1 amide bonds. The minimum Gasteiger partial charge on any atom is -0.365 e. The molecule has 0 aromatic carbocycles. The number of hydrogen-bond donors (Lipinski definition) is 0. The van der Waals surface area contributed by atoms with E-state index in [-0.39, 0.29) is 5.91 Å². The maximum Gasteiger partial charge on any atom is 0.251 e. The fraction of sp³-hybridized carbons (Fsp3) is 0.438. The van der Waals surface area contributed by atoms with E-state index in [1.807, 2.05) is 11.0 Å². The van der Waals surface area contributed by atoms with E-state index in [9.17, 15) is 4.79 Å². The van der Waals surface area contributed by atoms with Crippen molar-refractivity contribution < 1.29 is 9.53 Å². The molecule has 22 heavy (non-hydrogen) atoms. The SMILES string of the molecule is C=CCO[C@H](C)C(=O)N1CCN(c2ccc(C#N)cn2)CC1. The lowest BCUT2D eigenvalue weighted by molar-refractivity contribution is -0.142. The molecule has 6 nitrogen and oxygen atoms in total. The minimum absolute atomic E-state index is 0.00860. The van der Waals surface area contributed by atoms with Crippen molar-refractivity contribution in [3.8, 4) is 6.07 Å². The number of aromatic nitrogens is 1. The number of nitriles is 1. The van der Waals surface area contributed by atoms with Gasteiger partial charge in [-0.2, -0.15) is 5.26 Å². The Bertz CT molecular complexity index is 557. The molecule has 0 N–H and O–H groups in total. The van der Waals surface area contributed by atoms with Gasteiger partial charge in [0.2, 0.25) is 0 Å². The number of hydrogen-bond acceptors (Lipinski definition) is 5. The molecule has 1 aliphatic heterocycles. The Morgan fingerprint density at radius 3 is 2.77 bits per heavy atom. The molecule has 116 valence electrons. The zero-order chi connectivity index (χ0) is 15.9. The van der Waals surface area contributed by atoms with Crippen LogP contribution in [0, 0.1) is 11.3 Å². The monoisotopic (exact) mass is 300 g/mol. The molecule has 1 aromatic heterocycles. The Morgan fingerprint density at radius 1 is 1.50 bits per heavy atom. The number of rotatable bonds is 5. The zero-order valence-corrected chi connectivity index (χ0v) is 12.7. The Morgan fingerprint density at radius 2 is 2.23 bits per heavy atom. The van der Waals surface area contributed by atoms with Crippen LogP contribution in [0.1, 0.15) is 12.5 Å². The summed E-state index contributed by atoms with van der Waals surface area (Å²) in [6.07, 6.45) is 2.76. The summed E-state index contributed by atoms with van der Waals surface area (Å²) in [5, 5.41) is 8.78. The molecule has 0 bridgehead atoms. The van der Waals surface area contributed by atoms with Gasteiger partial charge in [-0.3, -0.25) is 4.79 Å². The predicted molar refractivity (Wildman–Crippen MR) is 83.4 cm³/mol. The zero-order valence-electron chi connectivity index (χ0n) is 12.7. The van der Waals surface area contributed by atoms with Crippen molar-refractivity contribution in [3.63, 3.8) is 0 Å². The van der Waals surface area contributed by atoms with E-state index in [1.165, 1.54) is 0 Å². The molecule has 0 radical (unpaired) electrons. The van der Waals surface area contributed by atoms with Gasteiger partial charge in [-0.15, -0.1) is 6.58 Å². The molecule has 0 aliphatic carbocycles. The van der Waals surface area contributed by atoms with Gasteiger partial charge in [-0.25, -0.2) is 4.98 Å². The summed E-state index contributed by atoms with van der Waals surface area (Å²) < 4.78 is 5.38. The van der Waals surface area contributed by atoms with Crippen LogP contribution in [-0.4, -0.2) is 54.7 Å². The largest absolute Gasteiger partial charge is 0.365 e. The van der Waals surface area contributed by atoms with Gasteiger partial charge >= 0.3 is 0 Å².